The Labute approximate surface area is 145 Å². The van der Waals surface area contributed by atoms with Crippen molar-refractivity contribution in [3.8, 4) is 0 Å². The van der Waals surface area contributed by atoms with Crippen molar-refractivity contribution in [2.45, 2.75) is 66.8 Å². The molecular formula is C20H32O4. The minimum atomic E-state index is -1.38. The van der Waals surface area contributed by atoms with Gasteiger partial charge in [0, 0.05) is 0 Å². The second kappa shape index (κ2) is 7.24. The number of aliphatic hydroxyl groups excluding tert-OH is 1. The van der Waals surface area contributed by atoms with Gasteiger partial charge < -0.3 is 14.9 Å². The Balaban J connectivity index is 3.12. The summed E-state index contributed by atoms with van der Waals surface area (Å²) >= 11 is 0. The van der Waals surface area contributed by atoms with Crippen LogP contribution in [0.15, 0.2) is 30.3 Å². The van der Waals surface area contributed by atoms with Gasteiger partial charge in [-0.2, -0.15) is 0 Å². The van der Waals surface area contributed by atoms with Gasteiger partial charge in [0.1, 0.15) is 0 Å². The highest BCUT2D eigenvalue weighted by Crippen LogP contribution is 2.50. The van der Waals surface area contributed by atoms with Crippen LogP contribution in [0.2, 0.25) is 0 Å². The molecule has 24 heavy (non-hydrogen) atoms. The number of hydrogen-bond acceptors (Lipinski definition) is 4. The molecule has 0 saturated carbocycles. The first-order valence-corrected chi connectivity index (χ1v) is 8.52. The van der Waals surface area contributed by atoms with Crippen molar-refractivity contribution in [3.63, 3.8) is 0 Å². The van der Waals surface area contributed by atoms with Gasteiger partial charge in [0.05, 0.1) is 17.1 Å². The molecule has 2 atom stereocenters. The van der Waals surface area contributed by atoms with Crippen molar-refractivity contribution in [2.24, 2.45) is 16.7 Å². The fourth-order valence-electron chi connectivity index (χ4n) is 3.77. The first kappa shape index (κ1) is 20.7. The summed E-state index contributed by atoms with van der Waals surface area (Å²) in [6.07, 6.45) is -0.903. The van der Waals surface area contributed by atoms with Gasteiger partial charge in [-0.1, -0.05) is 66.7 Å². The van der Waals surface area contributed by atoms with E-state index < -0.39 is 34.6 Å². The van der Waals surface area contributed by atoms with Gasteiger partial charge in [-0.15, -0.1) is 0 Å². The number of benzene rings is 1. The lowest BCUT2D eigenvalue weighted by Crippen LogP contribution is -2.61. The molecule has 1 aromatic carbocycles. The van der Waals surface area contributed by atoms with Crippen molar-refractivity contribution in [3.05, 3.63) is 35.9 Å². The largest absolute Gasteiger partial charge is 0.432 e. The summed E-state index contributed by atoms with van der Waals surface area (Å²) in [6, 6.07) is 8.55. The number of carbonyl (C=O) groups is 1. The van der Waals surface area contributed by atoms with E-state index in [1.165, 1.54) is 0 Å². The van der Waals surface area contributed by atoms with Crippen LogP contribution in [0.25, 0.3) is 0 Å². The molecule has 136 valence electrons. The first-order valence-electron chi connectivity index (χ1n) is 8.52. The molecule has 0 spiro atoms. The van der Waals surface area contributed by atoms with Gasteiger partial charge in [-0.25, -0.2) is 4.79 Å². The quantitative estimate of drug-likeness (QED) is 0.630. The van der Waals surface area contributed by atoms with Gasteiger partial charge in [-0.05, 0) is 29.4 Å². The molecule has 0 aliphatic rings. The fraction of sp³-hybridized carbons (Fsp3) is 0.650. The van der Waals surface area contributed by atoms with Crippen LogP contribution >= 0.6 is 0 Å². The maximum absolute atomic E-state index is 12.2. The van der Waals surface area contributed by atoms with E-state index in [9.17, 15) is 15.0 Å². The Morgan fingerprint density at radius 1 is 1.04 bits per heavy atom. The van der Waals surface area contributed by atoms with Crippen LogP contribution in [-0.2, 0) is 4.74 Å². The Morgan fingerprint density at radius 3 is 1.88 bits per heavy atom. The molecule has 4 nitrogen and oxygen atoms in total. The van der Waals surface area contributed by atoms with Gasteiger partial charge in [0.15, 0.2) is 0 Å². The number of esters is 1. The zero-order valence-corrected chi connectivity index (χ0v) is 16.0. The highest BCUT2D eigenvalue weighted by Gasteiger charge is 2.56. The van der Waals surface area contributed by atoms with E-state index in [1.54, 1.807) is 30.3 Å². The Kier molecular flexibility index (Phi) is 6.23. The number of carbonyl (C=O) groups excluding carboxylic acids is 1. The molecule has 0 radical (unpaired) electrons. The molecule has 1 rings (SSSR count). The molecule has 0 aromatic heterocycles. The molecule has 0 amide bonds. The molecular weight excluding hydrogens is 304 g/mol. The number of ether oxygens (including phenoxy) is 1. The first-order chi connectivity index (χ1) is 10.9. The van der Waals surface area contributed by atoms with Crippen LogP contribution < -0.4 is 0 Å². The molecule has 2 unspecified atom stereocenters. The maximum atomic E-state index is 12.2. The average Bonchev–Trinajstić information content (AvgIpc) is 2.46. The standard InChI is InChI=1S/C20H32O4/c1-8-15(20(23,18(2,3)4)19(5,6)7)17(22)24-16(21)14-12-10-9-11-13-14/h9-13,15,17,22-23H,8H2,1-7H3. The zero-order valence-electron chi connectivity index (χ0n) is 16.0. The van der Waals surface area contributed by atoms with Crippen LogP contribution in [0.3, 0.4) is 0 Å². The lowest BCUT2D eigenvalue weighted by Gasteiger charge is -2.54. The summed E-state index contributed by atoms with van der Waals surface area (Å²) in [5.74, 6) is -1.20. The van der Waals surface area contributed by atoms with E-state index in [0.717, 1.165) is 0 Å². The van der Waals surface area contributed by atoms with E-state index in [2.05, 4.69) is 0 Å². The second-order valence-corrected chi connectivity index (χ2v) is 8.44. The molecule has 0 aliphatic carbocycles. The third kappa shape index (κ3) is 3.98. The van der Waals surface area contributed by atoms with Crippen LogP contribution in [0.1, 0.15) is 65.2 Å². The summed E-state index contributed by atoms with van der Waals surface area (Å²) < 4.78 is 5.28. The molecule has 0 heterocycles. The predicted molar refractivity (Wildman–Crippen MR) is 95.5 cm³/mol. The topological polar surface area (TPSA) is 66.8 Å². The van der Waals surface area contributed by atoms with E-state index in [1.807, 2.05) is 48.5 Å². The summed E-state index contributed by atoms with van der Waals surface area (Å²) in [5.41, 5.74) is -1.87. The molecule has 2 N–H and O–H groups in total. The fourth-order valence-corrected chi connectivity index (χ4v) is 3.77. The minimum absolute atomic E-state index is 0.376. The maximum Gasteiger partial charge on any atom is 0.340 e. The molecule has 0 saturated heterocycles. The number of rotatable bonds is 5. The van der Waals surface area contributed by atoms with Crippen molar-refractivity contribution >= 4 is 5.97 Å². The Morgan fingerprint density at radius 2 is 1.50 bits per heavy atom. The highest BCUT2D eigenvalue weighted by atomic mass is 16.6. The van der Waals surface area contributed by atoms with E-state index >= 15 is 0 Å². The SMILES string of the molecule is CCC(C(O)OC(=O)c1ccccc1)C(O)(C(C)(C)C)C(C)(C)C. The summed E-state index contributed by atoms with van der Waals surface area (Å²) in [7, 11) is 0. The third-order valence-electron chi connectivity index (χ3n) is 4.84. The van der Waals surface area contributed by atoms with Crippen LogP contribution in [0, 0.1) is 16.7 Å². The van der Waals surface area contributed by atoms with E-state index in [0.29, 0.717) is 12.0 Å². The predicted octanol–water partition coefficient (Wildman–Crippen LogP) is 4.01. The molecule has 1 aromatic rings. The zero-order chi connectivity index (χ0) is 18.8. The van der Waals surface area contributed by atoms with E-state index in [-0.39, 0.29) is 0 Å². The van der Waals surface area contributed by atoms with Gasteiger partial charge in [-0.3, -0.25) is 0 Å². The molecule has 0 aliphatic heterocycles. The lowest BCUT2D eigenvalue weighted by atomic mass is 9.56. The minimum Gasteiger partial charge on any atom is -0.432 e. The smallest absolute Gasteiger partial charge is 0.340 e. The van der Waals surface area contributed by atoms with Crippen molar-refractivity contribution in [2.75, 3.05) is 0 Å². The summed E-state index contributed by atoms with van der Waals surface area (Å²) in [5, 5.41) is 22.1. The van der Waals surface area contributed by atoms with Gasteiger partial charge >= 0.3 is 5.97 Å². The average molecular weight is 336 g/mol. The molecule has 0 bridgehead atoms. The number of hydrogen-bond donors (Lipinski definition) is 2. The monoisotopic (exact) mass is 336 g/mol. The molecule has 0 fully saturated rings. The van der Waals surface area contributed by atoms with Crippen molar-refractivity contribution in [1.82, 2.24) is 0 Å². The Bertz CT molecular complexity index is 523. The van der Waals surface area contributed by atoms with Crippen LogP contribution in [0.4, 0.5) is 0 Å². The Hall–Kier alpha value is -1.39. The molecule has 4 heteroatoms. The third-order valence-corrected chi connectivity index (χ3v) is 4.84. The highest BCUT2D eigenvalue weighted by molar-refractivity contribution is 5.89. The van der Waals surface area contributed by atoms with Crippen molar-refractivity contribution < 1.29 is 19.7 Å². The van der Waals surface area contributed by atoms with Crippen LogP contribution in [-0.4, -0.2) is 28.1 Å². The summed E-state index contributed by atoms with van der Waals surface area (Å²) in [6.45, 7) is 13.5. The number of aliphatic hydroxyl groups is 2. The van der Waals surface area contributed by atoms with Crippen molar-refractivity contribution in [1.29, 1.82) is 0 Å². The van der Waals surface area contributed by atoms with Crippen LogP contribution in [0.5, 0.6) is 0 Å². The lowest BCUT2D eigenvalue weighted by molar-refractivity contribution is -0.235. The second-order valence-electron chi connectivity index (χ2n) is 8.44. The van der Waals surface area contributed by atoms with Gasteiger partial charge in [0.2, 0.25) is 6.29 Å². The van der Waals surface area contributed by atoms with E-state index in [4.69, 9.17) is 4.74 Å². The van der Waals surface area contributed by atoms with Gasteiger partial charge in [0.25, 0.3) is 0 Å². The summed E-state index contributed by atoms with van der Waals surface area (Å²) in [4.78, 5) is 12.2. The normalized spacial score (nSPS) is 15.7.